The summed E-state index contributed by atoms with van der Waals surface area (Å²) in [6.07, 6.45) is 4.38. The number of nitrogens with zero attached hydrogens (tertiary/aromatic N) is 1. The molecule has 3 amide bonds. The number of thioether (sulfide) groups is 1. The number of para-hydroxylation sites is 1. The predicted octanol–water partition coefficient (Wildman–Crippen LogP) is 3.68. The van der Waals surface area contributed by atoms with Gasteiger partial charge in [-0.2, -0.15) is 0 Å². The van der Waals surface area contributed by atoms with E-state index in [9.17, 15) is 19.5 Å². The molecule has 0 aromatic heterocycles. The van der Waals surface area contributed by atoms with E-state index in [1.54, 1.807) is 16.7 Å². The molecule has 36 heavy (non-hydrogen) atoms. The standard InChI is InChI=1S/C28H41N3O4S/c1-5-6-10-13-29-26(34)24-28-18(4)15-21(36-28)22(25(33)30-19-11-8-7-9-12-19)23(28)27(35)31(24)20(16-32)14-17(2)3/h7-9,11-12,17-18,20-24,32H,5-6,10,13-16H2,1-4H3,(H,29,34)(H,30,33)/t18?,20-,21-,22+,23+,24?,28?/m1/s1. The van der Waals surface area contributed by atoms with E-state index >= 15 is 0 Å². The highest BCUT2D eigenvalue weighted by Crippen LogP contribution is 2.68. The van der Waals surface area contributed by atoms with Crippen LogP contribution in [0.4, 0.5) is 5.69 Å². The molecule has 7 nitrogen and oxygen atoms in total. The Balaban J connectivity index is 1.69. The zero-order valence-electron chi connectivity index (χ0n) is 21.9. The third kappa shape index (κ3) is 4.67. The van der Waals surface area contributed by atoms with Crippen molar-refractivity contribution in [2.45, 2.75) is 81.9 Å². The van der Waals surface area contributed by atoms with Crippen molar-refractivity contribution in [3.63, 3.8) is 0 Å². The Morgan fingerprint density at radius 3 is 2.56 bits per heavy atom. The first kappa shape index (κ1) is 27.0. The van der Waals surface area contributed by atoms with Crippen LogP contribution in [0.25, 0.3) is 0 Å². The zero-order valence-corrected chi connectivity index (χ0v) is 22.7. The number of nitrogens with one attached hydrogen (secondary N) is 2. The van der Waals surface area contributed by atoms with Gasteiger partial charge in [0.2, 0.25) is 17.7 Å². The second-order valence-electron chi connectivity index (χ2n) is 11.1. The molecule has 3 fully saturated rings. The molecule has 8 heteroatoms. The van der Waals surface area contributed by atoms with Gasteiger partial charge in [-0.15, -0.1) is 11.8 Å². The van der Waals surface area contributed by atoms with Crippen LogP contribution >= 0.6 is 11.8 Å². The maximum absolute atomic E-state index is 14.2. The summed E-state index contributed by atoms with van der Waals surface area (Å²) in [7, 11) is 0. The van der Waals surface area contributed by atoms with Gasteiger partial charge in [0, 0.05) is 17.5 Å². The number of hydrogen-bond donors (Lipinski definition) is 3. The van der Waals surface area contributed by atoms with Gasteiger partial charge in [0.15, 0.2) is 0 Å². The minimum absolute atomic E-state index is 0.00659. The molecule has 4 rings (SSSR count). The van der Waals surface area contributed by atoms with Crippen molar-refractivity contribution in [1.82, 2.24) is 10.2 Å². The van der Waals surface area contributed by atoms with Crippen LogP contribution in [-0.4, -0.2) is 63.0 Å². The number of amides is 3. The number of likely N-dealkylation sites (tertiary alicyclic amines) is 1. The summed E-state index contributed by atoms with van der Waals surface area (Å²) in [6.45, 7) is 8.73. The molecule has 0 saturated carbocycles. The van der Waals surface area contributed by atoms with Gasteiger partial charge in [-0.25, -0.2) is 0 Å². The fourth-order valence-electron chi connectivity index (χ4n) is 6.70. The van der Waals surface area contributed by atoms with E-state index in [0.29, 0.717) is 18.7 Å². The predicted molar refractivity (Wildman–Crippen MR) is 143 cm³/mol. The highest BCUT2D eigenvalue weighted by molar-refractivity contribution is 8.02. The largest absolute Gasteiger partial charge is 0.394 e. The lowest BCUT2D eigenvalue weighted by atomic mass is 9.66. The average Bonchev–Trinajstić information content (AvgIpc) is 3.44. The first-order valence-electron chi connectivity index (χ1n) is 13.5. The minimum Gasteiger partial charge on any atom is -0.394 e. The van der Waals surface area contributed by atoms with Crippen LogP contribution in [0, 0.1) is 23.7 Å². The Bertz CT molecular complexity index is 957. The van der Waals surface area contributed by atoms with Gasteiger partial charge in [0.05, 0.1) is 29.2 Å². The molecule has 3 aliphatic rings. The molecule has 3 saturated heterocycles. The number of unbranched alkanes of at least 4 members (excludes halogenated alkanes) is 2. The molecule has 3 aliphatic heterocycles. The van der Waals surface area contributed by atoms with Crippen LogP contribution in [-0.2, 0) is 14.4 Å². The van der Waals surface area contributed by atoms with Crippen molar-refractivity contribution >= 4 is 35.2 Å². The van der Waals surface area contributed by atoms with Crippen LogP contribution in [0.15, 0.2) is 30.3 Å². The van der Waals surface area contributed by atoms with Crippen molar-refractivity contribution in [2.75, 3.05) is 18.5 Å². The number of carbonyl (C=O) groups excluding carboxylic acids is 3. The fourth-order valence-corrected chi connectivity index (χ4v) is 9.11. The Morgan fingerprint density at radius 1 is 1.19 bits per heavy atom. The van der Waals surface area contributed by atoms with Crippen LogP contribution in [0.3, 0.4) is 0 Å². The van der Waals surface area contributed by atoms with Crippen molar-refractivity contribution in [3.05, 3.63) is 30.3 Å². The van der Waals surface area contributed by atoms with E-state index in [4.69, 9.17) is 0 Å². The van der Waals surface area contributed by atoms with Gasteiger partial charge in [-0.1, -0.05) is 58.7 Å². The average molecular weight is 516 g/mol. The minimum atomic E-state index is -0.688. The molecule has 0 radical (unpaired) electrons. The molecule has 0 aliphatic carbocycles. The van der Waals surface area contributed by atoms with E-state index in [-0.39, 0.29) is 41.4 Å². The molecule has 3 heterocycles. The highest BCUT2D eigenvalue weighted by Gasteiger charge is 2.76. The second kappa shape index (κ2) is 11.1. The second-order valence-corrected chi connectivity index (χ2v) is 12.7. The summed E-state index contributed by atoms with van der Waals surface area (Å²) in [5.74, 6) is -1.17. The number of rotatable bonds is 11. The monoisotopic (exact) mass is 515 g/mol. The smallest absolute Gasteiger partial charge is 0.244 e. The van der Waals surface area contributed by atoms with E-state index in [1.807, 2.05) is 30.3 Å². The van der Waals surface area contributed by atoms with Gasteiger partial charge in [-0.3, -0.25) is 14.4 Å². The van der Waals surface area contributed by atoms with E-state index in [0.717, 1.165) is 25.7 Å². The molecule has 1 spiro atoms. The third-order valence-corrected chi connectivity index (χ3v) is 10.3. The van der Waals surface area contributed by atoms with E-state index in [1.165, 1.54) is 0 Å². The first-order valence-corrected chi connectivity index (χ1v) is 14.4. The summed E-state index contributed by atoms with van der Waals surface area (Å²) in [4.78, 5) is 43.3. The van der Waals surface area contributed by atoms with Crippen LogP contribution < -0.4 is 10.6 Å². The van der Waals surface area contributed by atoms with Gasteiger partial charge in [0.25, 0.3) is 0 Å². The lowest BCUT2D eigenvalue weighted by molar-refractivity contribution is -0.142. The number of fused-ring (bicyclic) bond motifs is 1. The zero-order chi connectivity index (χ0) is 26.0. The maximum Gasteiger partial charge on any atom is 0.244 e. The maximum atomic E-state index is 14.2. The molecule has 3 N–H and O–H groups in total. The first-order chi connectivity index (χ1) is 17.3. The number of benzene rings is 1. The van der Waals surface area contributed by atoms with E-state index < -0.39 is 28.7 Å². The quantitative estimate of drug-likeness (QED) is 0.391. The summed E-state index contributed by atoms with van der Waals surface area (Å²) in [6, 6.07) is 8.18. The molecule has 1 aromatic rings. The number of anilines is 1. The van der Waals surface area contributed by atoms with Crippen molar-refractivity contribution in [2.24, 2.45) is 23.7 Å². The van der Waals surface area contributed by atoms with Gasteiger partial charge >= 0.3 is 0 Å². The normalized spacial score (nSPS) is 31.6. The number of carbonyl (C=O) groups is 3. The summed E-state index contributed by atoms with van der Waals surface area (Å²) in [5, 5.41) is 16.5. The van der Waals surface area contributed by atoms with Gasteiger partial charge < -0.3 is 20.6 Å². The van der Waals surface area contributed by atoms with Crippen LogP contribution in [0.2, 0.25) is 0 Å². The SMILES string of the molecule is CCCCCNC(=O)C1N([C@@H](CO)CC(C)C)C(=O)[C@@H]2[C@@H](C(=O)Nc3ccccc3)[C@H]3CC(C)C12S3. The topological polar surface area (TPSA) is 98.7 Å². The number of hydrogen-bond acceptors (Lipinski definition) is 5. The van der Waals surface area contributed by atoms with Crippen LogP contribution in [0.1, 0.15) is 59.8 Å². The molecular formula is C28H41N3O4S. The van der Waals surface area contributed by atoms with Crippen molar-refractivity contribution < 1.29 is 19.5 Å². The highest BCUT2D eigenvalue weighted by atomic mass is 32.2. The van der Waals surface area contributed by atoms with E-state index in [2.05, 4.69) is 38.3 Å². The summed E-state index contributed by atoms with van der Waals surface area (Å²) < 4.78 is -0.667. The fraction of sp³-hybridized carbons (Fsp3) is 0.679. The van der Waals surface area contributed by atoms with Crippen LogP contribution in [0.5, 0.6) is 0 Å². The Hall–Kier alpha value is -2.06. The third-order valence-electron chi connectivity index (χ3n) is 8.20. The number of aliphatic hydroxyl groups is 1. The number of aliphatic hydroxyl groups excluding tert-OH is 1. The molecule has 3 unspecified atom stereocenters. The molecule has 1 aromatic carbocycles. The molecule has 198 valence electrons. The Labute approximate surface area is 219 Å². The van der Waals surface area contributed by atoms with Crippen molar-refractivity contribution in [1.29, 1.82) is 0 Å². The Morgan fingerprint density at radius 2 is 1.92 bits per heavy atom. The molecular weight excluding hydrogens is 474 g/mol. The Kier molecular flexibility index (Phi) is 8.35. The lowest BCUT2D eigenvalue weighted by Crippen LogP contribution is -2.58. The molecule has 7 atom stereocenters. The molecule has 2 bridgehead atoms. The van der Waals surface area contributed by atoms with Gasteiger partial charge in [0.1, 0.15) is 6.04 Å². The summed E-state index contributed by atoms with van der Waals surface area (Å²) >= 11 is 1.67. The summed E-state index contributed by atoms with van der Waals surface area (Å²) in [5.41, 5.74) is 0.706. The lowest BCUT2D eigenvalue weighted by Gasteiger charge is -2.40. The van der Waals surface area contributed by atoms with Gasteiger partial charge in [-0.05, 0) is 43.2 Å². The van der Waals surface area contributed by atoms with Crippen molar-refractivity contribution in [3.8, 4) is 0 Å².